The molecule has 5 heteroatoms. The van der Waals surface area contributed by atoms with Gasteiger partial charge in [-0.1, -0.05) is 39.0 Å². The van der Waals surface area contributed by atoms with Gasteiger partial charge in [0.15, 0.2) is 0 Å². The largest absolute Gasteiger partial charge is 0.321 e. The van der Waals surface area contributed by atoms with Gasteiger partial charge in [0.2, 0.25) is 5.91 Å². The van der Waals surface area contributed by atoms with Crippen LogP contribution in [-0.2, 0) is 9.59 Å². The Bertz CT molecular complexity index is 848. The minimum atomic E-state index is -0.529. The van der Waals surface area contributed by atoms with Gasteiger partial charge in [-0.2, -0.15) is 0 Å². The molecule has 0 radical (unpaired) electrons. The lowest BCUT2D eigenvalue weighted by Crippen LogP contribution is -2.28. The van der Waals surface area contributed by atoms with Gasteiger partial charge in [0, 0.05) is 34.0 Å². The van der Waals surface area contributed by atoms with Gasteiger partial charge in [-0.25, -0.2) is 4.98 Å². The van der Waals surface area contributed by atoms with Crippen LogP contribution in [0.25, 0.3) is 11.6 Å². The maximum atomic E-state index is 12.2. The number of rotatable bonds is 2. The summed E-state index contributed by atoms with van der Waals surface area (Å²) in [5.41, 5.74) is 2.36. The molecule has 0 fully saturated rings. The number of fused-ring (bicyclic) bond motifs is 1. The van der Waals surface area contributed by atoms with Crippen LogP contribution in [0.2, 0.25) is 0 Å². The molecule has 1 aliphatic heterocycles. The van der Waals surface area contributed by atoms with E-state index in [2.05, 4.69) is 15.6 Å². The molecule has 0 unspecified atom stereocenters. The zero-order chi connectivity index (χ0) is 17.3. The Balaban J connectivity index is 2.00. The highest BCUT2D eigenvalue weighted by atomic mass is 16.2. The molecule has 1 aromatic heterocycles. The van der Waals surface area contributed by atoms with Gasteiger partial charge >= 0.3 is 0 Å². The highest BCUT2D eigenvalue weighted by Gasteiger charge is 2.25. The Morgan fingerprint density at radius 2 is 1.92 bits per heavy atom. The molecule has 0 bridgehead atoms. The summed E-state index contributed by atoms with van der Waals surface area (Å²) >= 11 is 0. The van der Waals surface area contributed by atoms with Crippen LogP contribution in [0.5, 0.6) is 0 Å². The van der Waals surface area contributed by atoms with E-state index in [-0.39, 0.29) is 11.8 Å². The average molecular weight is 321 g/mol. The molecule has 5 nitrogen and oxygen atoms in total. The Labute approximate surface area is 140 Å². The number of hydrogen-bond acceptors (Lipinski definition) is 3. The lowest BCUT2D eigenvalue weighted by molar-refractivity contribution is -0.123. The van der Waals surface area contributed by atoms with Crippen LogP contribution in [0.4, 0.5) is 11.5 Å². The molecular weight excluding hydrogens is 302 g/mol. The Hall–Kier alpha value is -2.95. The van der Waals surface area contributed by atoms with Gasteiger partial charge in [0.1, 0.15) is 5.82 Å². The van der Waals surface area contributed by atoms with Crippen LogP contribution in [0.1, 0.15) is 31.9 Å². The second kappa shape index (κ2) is 5.92. The van der Waals surface area contributed by atoms with Crippen molar-refractivity contribution in [2.45, 2.75) is 20.8 Å². The smallest absolute Gasteiger partial charge is 0.256 e. The Morgan fingerprint density at radius 1 is 1.17 bits per heavy atom. The van der Waals surface area contributed by atoms with E-state index < -0.39 is 5.41 Å². The molecule has 24 heavy (non-hydrogen) atoms. The topological polar surface area (TPSA) is 71.1 Å². The lowest BCUT2D eigenvalue weighted by atomic mass is 9.95. The Kier molecular flexibility index (Phi) is 3.93. The molecule has 0 atom stereocenters. The van der Waals surface area contributed by atoms with Gasteiger partial charge in [0.05, 0.1) is 0 Å². The third-order valence-corrected chi connectivity index (χ3v) is 3.76. The third-order valence-electron chi connectivity index (χ3n) is 3.76. The Morgan fingerprint density at radius 3 is 2.67 bits per heavy atom. The van der Waals surface area contributed by atoms with Crippen molar-refractivity contribution in [3.05, 3.63) is 53.7 Å². The SMILES string of the molecule is CC(C)(C)C(=O)Nc1ncccc1/C=C1/C(=O)Nc2ccccc21. The minimum absolute atomic E-state index is 0.128. The van der Waals surface area contributed by atoms with Crippen molar-refractivity contribution in [1.29, 1.82) is 0 Å². The number of benzene rings is 1. The molecule has 0 saturated heterocycles. The van der Waals surface area contributed by atoms with Gasteiger partial charge < -0.3 is 10.6 Å². The van der Waals surface area contributed by atoms with E-state index in [9.17, 15) is 9.59 Å². The van der Waals surface area contributed by atoms with Gasteiger partial charge in [-0.05, 0) is 24.3 Å². The number of pyridine rings is 1. The van der Waals surface area contributed by atoms with Gasteiger partial charge in [-0.3, -0.25) is 9.59 Å². The van der Waals surface area contributed by atoms with Crippen LogP contribution in [0.15, 0.2) is 42.6 Å². The second-order valence-corrected chi connectivity index (χ2v) is 6.70. The summed E-state index contributed by atoms with van der Waals surface area (Å²) in [5.74, 6) is 0.160. The van der Waals surface area contributed by atoms with Crippen molar-refractivity contribution in [1.82, 2.24) is 4.98 Å². The van der Waals surface area contributed by atoms with Crippen LogP contribution >= 0.6 is 0 Å². The molecular formula is C19H19N3O2. The molecule has 122 valence electrons. The molecule has 0 aliphatic carbocycles. The first-order chi connectivity index (χ1) is 11.4. The molecule has 2 heterocycles. The monoisotopic (exact) mass is 321 g/mol. The summed E-state index contributed by atoms with van der Waals surface area (Å²) in [4.78, 5) is 28.7. The molecule has 1 aliphatic rings. The number of amides is 2. The standard InChI is InChI=1S/C19H19N3O2/c1-19(2,3)18(24)22-16-12(7-6-10-20-16)11-14-13-8-4-5-9-15(13)21-17(14)23/h4-11H,1-3H3,(H,21,23)(H,20,22,24)/b14-11+. The van der Waals surface area contributed by atoms with E-state index in [1.54, 1.807) is 18.3 Å². The van der Waals surface area contributed by atoms with E-state index in [1.807, 2.05) is 51.1 Å². The number of anilines is 2. The number of carbonyl (C=O) groups is 2. The van der Waals surface area contributed by atoms with Crippen LogP contribution in [0, 0.1) is 5.41 Å². The molecule has 0 saturated carbocycles. The van der Waals surface area contributed by atoms with E-state index >= 15 is 0 Å². The average Bonchev–Trinajstić information content (AvgIpc) is 2.84. The number of para-hydroxylation sites is 1. The lowest BCUT2D eigenvalue weighted by Gasteiger charge is -2.18. The van der Waals surface area contributed by atoms with Crippen LogP contribution in [0.3, 0.4) is 0 Å². The molecule has 2 amide bonds. The summed E-state index contributed by atoms with van der Waals surface area (Å²) in [6.07, 6.45) is 3.37. The summed E-state index contributed by atoms with van der Waals surface area (Å²) < 4.78 is 0. The highest BCUT2D eigenvalue weighted by Crippen LogP contribution is 2.33. The van der Waals surface area contributed by atoms with Crippen molar-refractivity contribution in [3.63, 3.8) is 0 Å². The molecule has 2 aromatic rings. The maximum absolute atomic E-state index is 12.2. The summed E-state index contributed by atoms with van der Waals surface area (Å²) in [6, 6.07) is 11.1. The van der Waals surface area contributed by atoms with Gasteiger partial charge in [0.25, 0.3) is 5.91 Å². The van der Waals surface area contributed by atoms with Crippen molar-refractivity contribution < 1.29 is 9.59 Å². The first-order valence-electron chi connectivity index (χ1n) is 7.75. The van der Waals surface area contributed by atoms with Crippen molar-refractivity contribution >= 4 is 35.0 Å². The van der Waals surface area contributed by atoms with Crippen LogP contribution < -0.4 is 10.6 Å². The molecule has 1 aromatic carbocycles. The fraction of sp³-hybridized carbons (Fsp3) is 0.211. The first kappa shape index (κ1) is 15.9. The number of nitrogens with zero attached hydrogens (tertiary/aromatic N) is 1. The van der Waals surface area contributed by atoms with E-state index in [1.165, 1.54) is 0 Å². The van der Waals surface area contributed by atoms with Gasteiger partial charge in [-0.15, -0.1) is 0 Å². The van der Waals surface area contributed by atoms with E-state index in [4.69, 9.17) is 0 Å². The fourth-order valence-electron chi connectivity index (χ4n) is 2.37. The number of hydrogen-bond donors (Lipinski definition) is 2. The number of nitrogens with one attached hydrogen (secondary N) is 2. The van der Waals surface area contributed by atoms with Crippen molar-refractivity contribution in [2.24, 2.45) is 5.41 Å². The van der Waals surface area contributed by atoms with E-state index in [0.717, 1.165) is 11.3 Å². The first-order valence-corrected chi connectivity index (χ1v) is 7.75. The fourth-order valence-corrected chi connectivity index (χ4v) is 2.37. The molecule has 0 spiro atoms. The van der Waals surface area contributed by atoms with E-state index in [0.29, 0.717) is 17.0 Å². The minimum Gasteiger partial charge on any atom is -0.321 e. The zero-order valence-electron chi connectivity index (χ0n) is 13.9. The van der Waals surface area contributed by atoms with Crippen molar-refractivity contribution in [3.8, 4) is 0 Å². The summed E-state index contributed by atoms with van der Waals surface area (Å²) in [6.45, 7) is 5.51. The molecule has 3 rings (SSSR count). The summed E-state index contributed by atoms with van der Waals surface area (Å²) in [7, 11) is 0. The van der Waals surface area contributed by atoms with Crippen molar-refractivity contribution in [2.75, 3.05) is 10.6 Å². The third kappa shape index (κ3) is 3.06. The highest BCUT2D eigenvalue weighted by molar-refractivity contribution is 6.35. The quantitative estimate of drug-likeness (QED) is 0.831. The second-order valence-electron chi connectivity index (χ2n) is 6.70. The van der Waals surface area contributed by atoms with Crippen LogP contribution in [-0.4, -0.2) is 16.8 Å². The summed E-state index contributed by atoms with van der Waals surface area (Å²) in [5, 5.41) is 5.67. The molecule has 2 N–H and O–H groups in total. The number of aromatic nitrogens is 1. The number of carbonyl (C=O) groups excluding carboxylic acids is 2. The zero-order valence-corrected chi connectivity index (χ0v) is 13.9. The predicted octanol–water partition coefficient (Wildman–Crippen LogP) is 3.56. The maximum Gasteiger partial charge on any atom is 0.256 e. The normalized spacial score (nSPS) is 15.1. The predicted molar refractivity (Wildman–Crippen MR) is 95.3 cm³/mol.